The summed E-state index contributed by atoms with van der Waals surface area (Å²) >= 11 is 0. The first-order valence-electron chi connectivity index (χ1n) is 13.4. The van der Waals surface area contributed by atoms with Crippen molar-refractivity contribution in [2.24, 2.45) is 0 Å². The van der Waals surface area contributed by atoms with Crippen LogP contribution in [0.1, 0.15) is 54.8 Å². The standard InChI is InChI=1S/C30H35FN2O5/c1-20(2)33-15-16-36-25-10-5-4-8-22(25)9-6-7-13-30(29(33)35)19-32(14-17-37-30)28(34)27-21(3)24-18-23(31)11-12-26(24)38-27/h4-5,8,10-12,18,20H,6-7,9,13-17,19H2,1-3H3. The Hall–Kier alpha value is -3.39. The Balaban J connectivity index is 1.43. The number of halogens is 1. The van der Waals surface area contributed by atoms with Gasteiger partial charge in [0.2, 0.25) is 0 Å². The van der Waals surface area contributed by atoms with Crippen LogP contribution in [-0.4, -0.2) is 66.1 Å². The topological polar surface area (TPSA) is 72.2 Å². The minimum Gasteiger partial charge on any atom is -0.491 e. The number of aryl methyl sites for hydroxylation is 2. The third-order valence-corrected chi connectivity index (χ3v) is 7.68. The van der Waals surface area contributed by atoms with Crippen LogP contribution in [0.25, 0.3) is 11.0 Å². The lowest BCUT2D eigenvalue weighted by molar-refractivity contribution is -0.172. The number of ether oxygens (including phenoxy) is 2. The van der Waals surface area contributed by atoms with Gasteiger partial charge in [0.05, 0.1) is 19.7 Å². The summed E-state index contributed by atoms with van der Waals surface area (Å²) in [4.78, 5) is 31.2. The van der Waals surface area contributed by atoms with E-state index >= 15 is 0 Å². The number of hydrogen-bond donors (Lipinski definition) is 0. The van der Waals surface area contributed by atoms with Crippen molar-refractivity contribution in [3.63, 3.8) is 0 Å². The number of para-hydroxylation sites is 1. The first-order chi connectivity index (χ1) is 18.3. The van der Waals surface area contributed by atoms with Crippen molar-refractivity contribution in [1.29, 1.82) is 0 Å². The molecule has 0 N–H and O–H groups in total. The molecule has 0 saturated carbocycles. The molecule has 2 aromatic carbocycles. The van der Waals surface area contributed by atoms with Crippen LogP contribution in [0.15, 0.2) is 46.9 Å². The fraction of sp³-hybridized carbons (Fsp3) is 0.467. The van der Waals surface area contributed by atoms with Gasteiger partial charge in [0.1, 0.15) is 23.8 Å². The summed E-state index contributed by atoms with van der Waals surface area (Å²) in [5.41, 5.74) is 1.06. The molecule has 1 saturated heterocycles. The molecule has 1 fully saturated rings. The van der Waals surface area contributed by atoms with Crippen LogP contribution in [0.2, 0.25) is 0 Å². The largest absolute Gasteiger partial charge is 0.491 e. The smallest absolute Gasteiger partial charge is 0.290 e. The molecule has 5 rings (SSSR count). The Kier molecular flexibility index (Phi) is 7.43. The lowest BCUT2D eigenvalue weighted by Crippen LogP contribution is -2.63. The first-order valence-corrected chi connectivity index (χ1v) is 13.4. The van der Waals surface area contributed by atoms with Crippen LogP contribution in [-0.2, 0) is 16.0 Å². The normalized spacial score (nSPS) is 21.2. The Labute approximate surface area is 222 Å². The van der Waals surface area contributed by atoms with E-state index in [1.165, 1.54) is 18.2 Å². The van der Waals surface area contributed by atoms with Crippen molar-refractivity contribution in [2.75, 3.05) is 32.8 Å². The molecule has 202 valence electrons. The maximum atomic E-state index is 14.1. The van der Waals surface area contributed by atoms with E-state index in [1.54, 1.807) is 16.7 Å². The van der Waals surface area contributed by atoms with Crippen LogP contribution in [0.4, 0.5) is 4.39 Å². The molecule has 1 unspecified atom stereocenters. The Bertz CT molecular complexity index is 1340. The number of carbonyl (C=O) groups excluding carboxylic acids is 2. The molecule has 1 spiro atoms. The summed E-state index contributed by atoms with van der Waals surface area (Å²) in [6.45, 7) is 7.23. The zero-order chi connectivity index (χ0) is 26.9. The lowest BCUT2D eigenvalue weighted by atomic mass is 9.90. The fourth-order valence-corrected chi connectivity index (χ4v) is 5.57. The van der Waals surface area contributed by atoms with E-state index in [0.717, 1.165) is 30.6 Å². The van der Waals surface area contributed by atoms with E-state index < -0.39 is 5.60 Å². The molecule has 0 radical (unpaired) electrons. The van der Waals surface area contributed by atoms with Crippen LogP contribution in [0.3, 0.4) is 0 Å². The maximum absolute atomic E-state index is 14.1. The van der Waals surface area contributed by atoms with Gasteiger partial charge < -0.3 is 23.7 Å². The zero-order valence-electron chi connectivity index (χ0n) is 22.3. The van der Waals surface area contributed by atoms with Crippen molar-refractivity contribution in [1.82, 2.24) is 9.80 Å². The molecular formula is C30H35FN2O5. The van der Waals surface area contributed by atoms with E-state index in [-0.39, 0.29) is 42.6 Å². The summed E-state index contributed by atoms with van der Waals surface area (Å²) in [5, 5.41) is 0.574. The summed E-state index contributed by atoms with van der Waals surface area (Å²) < 4.78 is 32.1. The number of hydrogen-bond acceptors (Lipinski definition) is 5. The van der Waals surface area contributed by atoms with E-state index in [1.807, 2.05) is 32.0 Å². The highest BCUT2D eigenvalue weighted by molar-refractivity contribution is 5.99. The van der Waals surface area contributed by atoms with Gasteiger partial charge in [0.15, 0.2) is 11.4 Å². The molecule has 1 atom stereocenters. The van der Waals surface area contributed by atoms with Gasteiger partial charge >= 0.3 is 0 Å². The summed E-state index contributed by atoms with van der Waals surface area (Å²) in [6.07, 6.45) is 2.97. The number of benzene rings is 2. The van der Waals surface area contributed by atoms with Crippen molar-refractivity contribution in [3.05, 3.63) is 65.2 Å². The summed E-state index contributed by atoms with van der Waals surface area (Å²) in [5.74, 6) is 0.226. The molecular weight excluding hydrogens is 487 g/mol. The average molecular weight is 523 g/mol. The quantitative estimate of drug-likeness (QED) is 0.466. The lowest BCUT2D eigenvalue weighted by Gasteiger charge is -2.44. The zero-order valence-corrected chi connectivity index (χ0v) is 22.3. The molecule has 2 amide bonds. The van der Waals surface area contributed by atoms with Crippen molar-refractivity contribution in [2.45, 2.75) is 58.1 Å². The molecule has 7 nitrogen and oxygen atoms in total. The second kappa shape index (κ2) is 10.8. The van der Waals surface area contributed by atoms with Gasteiger partial charge in [-0.05, 0) is 76.3 Å². The number of carbonyl (C=O) groups is 2. The highest BCUT2D eigenvalue weighted by atomic mass is 19.1. The van der Waals surface area contributed by atoms with E-state index in [4.69, 9.17) is 13.9 Å². The molecule has 8 heteroatoms. The third kappa shape index (κ3) is 5.01. The van der Waals surface area contributed by atoms with Crippen molar-refractivity contribution >= 4 is 22.8 Å². The minimum absolute atomic E-state index is 0.0663. The van der Waals surface area contributed by atoms with Gasteiger partial charge in [-0.3, -0.25) is 9.59 Å². The maximum Gasteiger partial charge on any atom is 0.290 e. The Morgan fingerprint density at radius 2 is 1.89 bits per heavy atom. The number of amides is 2. The van der Waals surface area contributed by atoms with E-state index in [0.29, 0.717) is 42.6 Å². The van der Waals surface area contributed by atoms with Gasteiger partial charge in [-0.25, -0.2) is 4.39 Å². The molecule has 2 aliphatic heterocycles. The molecule has 0 bridgehead atoms. The van der Waals surface area contributed by atoms with E-state index in [9.17, 15) is 14.0 Å². The Morgan fingerprint density at radius 3 is 2.71 bits per heavy atom. The minimum atomic E-state index is -1.15. The Morgan fingerprint density at radius 1 is 1.08 bits per heavy atom. The third-order valence-electron chi connectivity index (χ3n) is 7.68. The fourth-order valence-electron chi connectivity index (χ4n) is 5.57. The van der Waals surface area contributed by atoms with Crippen LogP contribution >= 0.6 is 0 Å². The molecule has 1 aromatic heterocycles. The number of nitrogens with zero attached hydrogens (tertiary/aromatic N) is 2. The number of rotatable bonds is 2. The van der Waals surface area contributed by atoms with Crippen molar-refractivity contribution in [3.8, 4) is 5.75 Å². The SMILES string of the molecule is Cc1c(C(=O)N2CCOC3(CCCCc4ccccc4OCCN(C(C)C)C3=O)C2)oc2ccc(F)cc12. The summed E-state index contributed by atoms with van der Waals surface area (Å²) in [6, 6.07) is 12.2. The average Bonchev–Trinajstić information content (AvgIpc) is 3.23. The number of furan rings is 1. The van der Waals surface area contributed by atoms with E-state index in [2.05, 4.69) is 6.07 Å². The van der Waals surface area contributed by atoms with Gasteiger partial charge in [0.25, 0.3) is 11.8 Å². The monoisotopic (exact) mass is 522 g/mol. The van der Waals surface area contributed by atoms with Crippen LogP contribution in [0, 0.1) is 12.7 Å². The highest BCUT2D eigenvalue weighted by Crippen LogP contribution is 2.32. The van der Waals surface area contributed by atoms with Gasteiger partial charge in [0, 0.05) is 23.5 Å². The first kappa shape index (κ1) is 26.2. The predicted molar refractivity (Wildman–Crippen MR) is 142 cm³/mol. The molecule has 3 heterocycles. The molecule has 38 heavy (non-hydrogen) atoms. The molecule has 3 aromatic rings. The second-order valence-corrected chi connectivity index (χ2v) is 10.5. The van der Waals surface area contributed by atoms with Crippen molar-refractivity contribution < 1.29 is 27.9 Å². The summed E-state index contributed by atoms with van der Waals surface area (Å²) in [7, 11) is 0. The van der Waals surface area contributed by atoms with Gasteiger partial charge in [-0.2, -0.15) is 0 Å². The van der Waals surface area contributed by atoms with Crippen LogP contribution < -0.4 is 4.74 Å². The second-order valence-electron chi connectivity index (χ2n) is 10.5. The number of morpholine rings is 1. The van der Waals surface area contributed by atoms with Gasteiger partial charge in [-0.15, -0.1) is 0 Å². The van der Waals surface area contributed by atoms with Crippen LogP contribution in [0.5, 0.6) is 5.75 Å². The predicted octanol–water partition coefficient (Wildman–Crippen LogP) is 5.13. The van der Waals surface area contributed by atoms with Gasteiger partial charge in [-0.1, -0.05) is 18.2 Å². The molecule has 2 aliphatic rings. The highest BCUT2D eigenvalue weighted by Gasteiger charge is 2.47. The molecule has 0 aliphatic carbocycles. The number of fused-ring (bicyclic) bond motifs is 2.